The van der Waals surface area contributed by atoms with Gasteiger partial charge in [0.05, 0.1) is 0 Å². The van der Waals surface area contributed by atoms with Crippen molar-refractivity contribution in [3.05, 3.63) is 82.4 Å². The second kappa shape index (κ2) is 8.23. The van der Waals surface area contributed by atoms with E-state index in [-0.39, 0.29) is 5.41 Å². The Labute approximate surface area is 184 Å². The molecule has 0 aliphatic heterocycles. The van der Waals surface area contributed by atoms with Gasteiger partial charge in [0.15, 0.2) is 0 Å². The number of aromatic nitrogens is 1. The van der Waals surface area contributed by atoms with Gasteiger partial charge < -0.3 is 4.90 Å². The summed E-state index contributed by atoms with van der Waals surface area (Å²) in [5, 5.41) is 1.31. The van der Waals surface area contributed by atoms with Gasteiger partial charge in [0.1, 0.15) is 11.7 Å². The predicted octanol–water partition coefficient (Wildman–Crippen LogP) is 6.64. The quantitative estimate of drug-likeness (QED) is 0.434. The lowest BCUT2D eigenvalue weighted by Gasteiger charge is -2.30. The Morgan fingerprint density at radius 1 is 0.967 bits per heavy atom. The fraction of sp³-hybridized carbons (Fsp3) is 0.296. The summed E-state index contributed by atoms with van der Waals surface area (Å²) in [7, 11) is 6.32. The largest absolute Gasteiger partial charge is 0.378 e. The summed E-state index contributed by atoms with van der Waals surface area (Å²) < 4.78 is 3.65. The topological polar surface area (TPSA) is 7.12 Å². The van der Waals surface area contributed by atoms with Gasteiger partial charge in [0.25, 0.3) is 5.01 Å². The molecule has 154 valence electrons. The molecule has 0 radical (unpaired) electrons. The van der Waals surface area contributed by atoms with Crippen LogP contribution in [0.3, 0.4) is 0 Å². The average molecular weight is 416 g/mol. The van der Waals surface area contributed by atoms with Gasteiger partial charge in [-0.1, -0.05) is 67.7 Å². The smallest absolute Gasteiger partial charge is 0.262 e. The van der Waals surface area contributed by atoms with Gasteiger partial charge in [-0.05, 0) is 53.2 Å². The lowest BCUT2D eigenvalue weighted by Crippen LogP contribution is -2.29. The van der Waals surface area contributed by atoms with E-state index in [9.17, 15) is 0 Å². The Morgan fingerprint density at radius 2 is 1.70 bits per heavy atom. The maximum atomic E-state index is 2.39. The number of fused-ring (bicyclic) bond motifs is 1. The van der Waals surface area contributed by atoms with Gasteiger partial charge in [-0.15, -0.1) is 0 Å². The minimum absolute atomic E-state index is 0.268. The van der Waals surface area contributed by atoms with Crippen LogP contribution in [0.2, 0.25) is 0 Å². The van der Waals surface area contributed by atoms with Crippen molar-refractivity contribution in [2.75, 3.05) is 19.0 Å². The summed E-state index contributed by atoms with van der Waals surface area (Å²) in [5.74, 6) is 0. The van der Waals surface area contributed by atoms with E-state index in [1.807, 2.05) is 11.3 Å². The summed E-state index contributed by atoms with van der Waals surface area (Å²) in [4.78, 5) is 2.13. The number of allylic oxidation sites excluding steroid dienone is 4. The van der Waals surface area contributed by atoms with Crippen molar-refractivity contribution in [1.82, 2.24) is 0 Å². The Hall–Kier alpha value is -2.65. The molecule has 1 heterocycles. The molecule has 4 rings (SSSR count). The molecule has 3 heteroatoms. The van der Waals surface area contributed by atoms with Crippen LogP contribution in [-0.2, 0) is 7.05 Å². The summed E-state index contributed by atoms with van der Waals surface area (Å²) >= 11 is 1.87. The normalized spacial score (nSPS) is 17.6. The maximum Gasteiger partial charge on any atom is 0.262 e. The second-order valence-electron chi connectivity index (χ2n) is 9.24. The number of hydrogen-bond donors (Lipinski definition) is 0. The van der Waals surface area contributed by atoms with Gasteiger partial charge in [0, 0.05) is 31.9 Å². The first kappa shape index (κ1) is 20.6. The SMILES string of the molecule is CN(C)c1ccc(C=CC2=C/C(=C\c3sc4ccccc4[n+]3C)CC(C)(C)C2)cc1. The number of para-hydroxylation sites is 1. The van der Waals surface area contributed by atoms with Gasteiger partial charge in [-0.2, -0.15) is 4.57 Å². The molecule has 1 aliphatic rings. The third-order valence-corrected chi connectivity index (χ3v) is 6.88. The minimum atomic E-state index is 0.268. The van der Waals surface area contributed by atoms with Crippen LogP contribution in [0, 0.1) is 5.41 Å². The van der Waals surface area contributed by atoms with Crippen molar-refractivity contribution in [3.63, 3.8) is 0 Å². The number of thiazole rings is 1. The van der Waals surface area contributed by atoms with Crippen molar-refractivity contribution in [2.45, 2.75) is 26.7 Å². The third kappa shape index (κ3) is 4.57. The highest BCUT2D eigenvalue weighted by Gasteiger charge is 2.25. The van der Waals surface area contributed by atoms with Crippen LogP contribution in [-0.4, -0.2) is 14.1 Å². The van der Waals surface area contributed by atoms with Crippen molar-refractivity contribution in [1.29, 1.82) is 0 Å². The molecule has 0 fully saturated rings. The second-order valence-corrected chi connectivity index (χ2v) is 10.3. The van der Waals surface area contributed by atoms with E-state index in [1.165, 1.54) is 37.6 Å². The van der Waals surface area contributed by atoms with Crippen LogP contribution < -0.4 is 9.47 Å². The van der Waals surface area contributed by atoms with Crippen LogP contribution in [0.5, 0.6) is 0 Å². The molecule has 0 atom stereocenters. The lowest BCUT2D eigenvalue weighted by molar-refractivity contribution is -0.642. The first-order valence-corrected chi connectivity index (χ1v) is 11.4. The summed E-state index contributed by atoms with van der Waals surface area (Å²) in [6, 6.07) is 17.4. The molecule has 0 unspecified atom stereocenters. The van der Waals surface area contributed by atoms with E-state index in [4.69, 9.17) is 0 Å². The molecule has 1 aliphatic carbocycles. The number of anilines is 1. The van der Waals surface area contributed by atoms with Gasteiger partial charge in [-0.3, -0.25) is 0 Å². The maximum absolute atomic E-state index is 2.39. The number of rotatable bonds is 4. The van der Waals surface area contributed by atoms with Crippen LogP contribution in [0.15, 0.2) is 71.8 Å². The number of hydrogen-bond acceptors (Lipinski definition) is 2. The van der Waals surface area contributed by atoms with E-state index in [2.05, 4.69) is 117 Å². The van der Waals surface area contributed by atoms with Gasteiger partial charge in [0.2, 0.25) is 5.52 Å². The van der Waals surface area contributed by atoms with Crippen molar-refractivity contribution in [3.8, 4) is 0 Å². The Bertz CT molecular complexity index is 1140. The number of benzene rings is 2. The van der Waals surface area contributed by atoms with Crippen molar-refractivity contribution in [2.24, 2.45) is 12.5 Å². The van der Waals surface area contributed by atoms with E-state index < -0.39 is 0 Å². The zero-order valence-corrected chi connectivity index (χ0v) is 19.5. The first-order chi connectivity index (χ1) is 14.3. The fourth-order valence-corrected chi connectivity index (χ4v) is 5.33. The molecule has 3 aromatic rings. The van der Waals surface area contributed by atoms with Gasteiger partial charge in [-0.25, -0.2) is 0 Å². The molecule has 0 saturated heterocycles. The zero-order valence-electron chi connectivity index (χ0n) is 18.6. The lowest BCUT2D eigenvalue weighted by atomic mass is 9.75. The van der Waals surface area contributed by atoms with Crippen LogP contribution in [0.1, 0.15) is 37.3 Å². The fourth-order valence-electron chi connectivity index (χ4n) is 4.20. The summed E-state index contributed by atoms with van der Waals surface area (Å²) in [6.07, 6.45) is 11.5. The number of aryl methyl sites for hydroxylation is 1. The highest BCUT2D eigenvalue weighted by atomic mass is 32.1. The third-order valence-electron chi connectivity index (χ3n) is 5.72. The highest BCUT2D eigenvalue weighted by Crippen LogP contribution is 2.39. The van der Waals surface area contributed by atoms with Crippen LogP contribution in [0.25, 0.3) is 22.4 Å². The van der Waals surface area contributed by atoms with Crippen molar-refractivity contribution >= 4 is 39.4 Å². The van der Waals surface area contributed by atoms with E-state index >= 15 is 0 Å². The van der Waals surface area contributed by atoms with E-state index in [1.54, 1.807) is 0 Å². The molecular formula is C27H31N2S+. The molecule has 2 nitrogen and oxygen atoms in total. The minimum Gasteiger partial charge on any atom is -0.378 e. The van der Waals surface area contributed by atoms with Gasteiger partial charge >= 0.3 is 0 Å². The molecule has 30 heavy (non-hydrogen) atoms. The Kier molecular flexibility index (Phi) is 5.66. The van der Waals surface area contributed by atoms with Crippen LogP contribution >= 0.6 is 11.3 Å². The van der Waals surface area contributed by atoms with E-state index in [0.29, 0.717) is 0 Å². The highest BCUT2D eigenvalue weighted by molar-refractivity contribution is 7.18. The first-order valence-electron chi connectivity index (χ1n) is 10.5. The standard InChI is InChI=1S/C27H31N2S/c1-27(2)18-21(11-10-20-12-14-23(15-13-20)28(3)4)16-22(19-27)17-26-29(5)24-8-6-7-9-25(24)30-26/h6-17H,18-19H2,1-5H3/q+1. The molecule has 0 saturated carbocycles. The van der Waals surface area contributed by atoms with E-state index in [0.717, 1.165) is 12.8 Å². The molecule has 0 bridgehead atoms. The Morgan fingerprint density at radius 3 is 2.40 bits per heavy atom. The van der Waals surface area contributed by atoms with Crippen molar-refractivity contribution < 1.29 is 4.57 Å². The molecule has 2 aromatic carbocycles. The summed E-state index contributed by atoms with van der Waals surface area (Å²) in [6.45, 7) is 4.75. The molecule has 0 amide bonds. The number of nitrogens with zero attached hydrogens (tertiary/aromatic N) is 2. The Balaban J connectivity index is 1.63. The molecular weight excluding hydrogens is 384 g/mol. The molecule has 0 spiro atoms. The summed E-state index contributed by atoms with van der Waals surface area (Å²) in [5.41, 5.74) is 6.85. The predicted molar refractivity (Wildman–Crippen MR) is 132 cm³/mol. The molecule has 1 aromatic heterocycles. The van der Waals surface area contributed by atoms with Crippen LogP contribution in [0.4, 0.5) is 5.69 Å². The zero-order chi connectivity index (χ0) is 21.3. The molecule has 0 N–H and O–H groups in total. The average Bonchev–Trinajstić information content (AvgIpc) is 3.01. The monoisotopic (exact) mass is 415 g/mol.